The lowest BCUT2D eigenvalue weighted by molar-refractivity contribution is -0.143. The van der Waals surface area contributed by atoms with Gasteiger partial charge in [-0.15, -0.1) is 0 Å². The Morgan fingerprint density at radius 3 is 2.56 bits per heavy atom. The molecular weight excluding hydrogens is 426 g/mol. The van der Waals surface area contributed by atoms with Crippen LogP contribution >= 0.6 is 0 Å². The Bertz CT molecular complexity index is 1310. The predicted molar refractivity (Wildman–Crippen MR) is 137 cm³/mol. The average molecular weight is 460 g/mol. The van der Waals surface area contributed by atoms with Crippen molar-refractivity contribution >= 4 is 33.5 Å². The van der Waals surface area contributed by atoms with Gasteiger partial charge in [0.2, 0.25) is 0 Å². The zero-order valence-corrected chi connectivity index (χ0v) is 20.3. The lowest BCUT2D eigenvalue weighted by Gasteiger charge is -2.21. The number of carbonyl (C=O) groups is 1. The van der Waals surface area contributed by atoms with Crippen LogP contribution in [0.1, 0.15) is 46.5 Å². The molecule has 34 heavy (non-hydrogen) atoms. The van der Waals surface area contributed by atoms with Gasteiger partial charge in [0.15, 0.2) is 11.3 Å². The molecule has 0 N–H and O–H groups in total. The molecule has 0 fully saturated rings. The molecule has 0 spiro atoms. The van der Waals surface area contributed by atoms with Crippen molar-refractivity contribution in [3.05, 3.63) is 53.9 Å². The van der Waals surface area contributed by atoms with Crippen LogP contribution in [0.4, 0.5) is 5.69 Å². The third-order valence-corrected chi connectivity index (χ3v) is 6.11. The van der Waals surface area contributed by atoms with Crippen molar-refractivity contribution in [1.82, 2.24) is 4.98 Å². The second-order valence-corrected chi connectivity index (χ2v) is 8.32. The highest BCUT2D eigenvalue weighted by atomic mass is 16.5. The molecule has 6 nitrogen and oxygen atoms in total. The quantitative estimate of drug-likeness (QED) is 0.127. The van der Waals surface area contributed by atoms with E-state index in [1.165, 1.54) is 0 Å². The highest BCUT2D eigenvalue weighted by Gasteiger charge is 2.15. The second-order valence-electron chi connectivity index (χ2n) is 8.32. The van der Waals surface area contributed by atoms with E-state index in [4.69, 9.17) is 19.1 Å². The van der Waals surface area contributed by atoms with Crippen molar-refractivity contribution in [3.8, 4) is 11.5 Å². The van der Waals surface area contributed by atoms with Crippen molar-refractivity contribution in [3.63, 3.8) is 0 Å². The fraction of sp³-hybridized carbons (Fsp3) is 0.393. The van der Waals surface area contributed by atoms with Gasteiger partial charge in [-0.3, -0.25) is 9.79 Å². The molecule has 0 atom stereocenters. The lowest BCUT2D eigenvalue weighted by Crippen LogP contribution is -2.21. The standard InChI is InChI=1S/C28H33N3O3/c1-4-31(5-2)20-15-16-23-25(18-20)34-26-19-24(21-12-9-10-13-22(21)28(26)30-23)29-17-11-7-8-14-27(32)33-6-3/h9-10,12-13,15-16,18-19H,4-8,11,14,17H2,1-3H3. The number of unbranched alkanes of at least 4 members (excludes halogenated alkanes) is 2. The van der Waals surface area contributed by atoms with E-state index in [1.54, 1.807) is 0 Å². The number of rotatable bonds is 10. The molecule has 6 heteroatoms. The first-order valence-corrected chi connectivity index (χ1v) is 12.3. The molecule has 178 valence electrons. The molecule has 0 saturated carbocycles. The monoisotopic (exact) mass is 459 g/mol. The van der Waals surface area contributed by atoms with Gasteiger partial charge in [0.1, 0.15) is 11.2 Å². The number of benzene rings is 3. The van der Waals surface area contributed by atoms with E-state index in [0.29, 0.717) is 19.6 Å². The van der Waals surface area contributed by atoms with Gasteiger partial charge >= 0.3 is 5.97 Å². The van der Waals surface area contributed by atoms with Crippen molar-refractivity contribution < 1.29 is 13.9 Å². The smallest absolute Gasteiger partial charge is 0.305 e. The molecule has 0 bridgehead atoms. The molecule has 4 rings (SSSR count). The third-order valence-electron chi connectivity index (χ3n) is 6.11. The minimum absolute atomic E-state index is 0.120. The summed E-state index contributed by atoms with van der Waals surface area (Å²) in [7, 11) is 0. The summed E-state index contributed by atoms with van der Waals surface area (Å²) in [5, 5.41) is 3.03. The van der Waals surface area contributed by atoms with Crippen molar-refractivity contribution in [1.29, 1.82) is 0 Å². The minimum atomic E-state index is -0.120. The Hall–Kier alpha value is -3.41. The van der Waals surface area contributed by atoms with Crippen LogP contribution in [0.5, 0.6) is 0 Å². The minimum Gasteiger partial charge on any atom is -0.466 e. The second kappa shape index (κ2) is 11.1. The van der Waals surface area contributed by atoms with Crippen molar-refractivity contribution in [2.75, 3.05) is 31.1 Å². The summed E-state index contributed by atoms with van der Waals surface area (Å²) in [4.78, 5) is 23.6. The maximum Gasteiger partial charge on any atom is 0.305 e. The highest BCUT2D eigenvalue weighted by Crippen LogP contribution is 2.31. The SMILES string of the molecule is CCOC(=O)CCCCCN=c1cc2oc3cc(N(CC)CC)ccc3nc-2c2ccccc12. The molecule has 0 saturated heterocycles. The molecule has 0 aromatic heterocycles. The van der Waals surface area contributed by atoms with E-state index in [-0.39, 0.29) is 5.97 Å². The van der Waals surface area contributed by atoms with Gasteiger partial charge in [0, 0.05) is 54.6 Å². The summed E-state index contributed by atoms with van der Waals surface area (Å²) in [6, 6.07) is 16.4. The van der Waals surface area contributed by atoms with Crippen LogP contribution in [0, 0.1) is 0 Å². The molecule has 0 radical (unpaired) electrons. The summed E-state index contributed by atoms with van der Waals surface area (Å²) in [5.41, 5.74) is 3.61. The number of esters is 1. The predicted octanol–water partition coefficient (Wildman–Crippen LogP) is 5.96. The van der Waals surface area contributed by atoms with Gasteiger partial charge in [-0.2, -0.15) is 0 Å². The largest absolute Gasteiger partial charge is 0.466 e. The number of hydrogen-bond donors (Lipinski definition) is 0. The molecule has 0 unspecified atom stereocenters. The van der Waals surface area contributed by atoms with Gasteiger partial charge in [-0.25, -0.2) is 4.98 Å². The van der Waals surface area contributed by atoms with Crippen LogP contribution in [-0.2, 0) is 9.53 Å². The zero-order valence-electron chi connectivity index (χ0n) is 20.3. The highest BCUT2D eigenvalue weighted by molar-refractivity contribution is 5.96. The molecule has 0 amide bonds. The average Bonchev–Trinajstić information content (AvgIpc) is 2.86. The number of fused-ring (bicyclic) bond motifs is 4. The molecule has 2 aromatic carbocycles. The van der Waals surface area contributed by atoms with Crippen molar-refractivity contribution in [2.24, 2.45) is 4.99 Å². The van der Waals surface area contributed by atoms with Crippen LogP contribution in [0.2, 0.25) is 0 Å². The fourth-order valence-electron chi connectivity index (χ4n) is 4.33. The fourth-order valence-corrected chi connectivity index (χ4v) is 4.33. The summed E-state index contributed by atoms with van der Waals surface area (Å²) in [5.74, 6) is 0.620. The number of hydrogen-bond acceptors (Lipinski definition) is 6. The van der Waals surface area contributed by atoms with Gasteiger partial charge < -0.3 is 14.1 Å². The van der Waals surface area contributed by atoms with Gasteiger partial charge in [-0.05, 0) is 45.7 Å². The molecule has 2 aliphatic rings. The molecule has 1 aliphatic carbocycles. The number of anilines is 1. The molecule has 1 heterocycles. The summed E-state index contributed by atoms with van der Waals surface area (Å²) in [6.07, 6.45) is 3.16. The first kappa shape index (κ1) is 23.7. The summed E-state index contributed by atoms with van der Waals surface area (Å²) >= 11 is 0. The Kier molecular flexibility index (Phi) is 7.78. The van der Waals surface area contributed by atoms with E-state index in [1.807, 2.05) is 31.2 Å². The number of carbonyl (C=O) groups excluding carboxylic acids is 1. The lowest BCUT2D eigenvalue weighted by atomic mass is 10.0. The topological polar surface area (TPSA) is 67.9 Å². The Balaban J connectivity index is 1.65. The number of aromatic nitrogens is 1. The van der Waals surface area contributed by atoms with Crippen LogP contribution in [-0.4, -0.2) is 37.2 Å². The first-order chi connectivity index (χ1) is 16.6. The number of ether oxygens (including phenoxy) is 1. The number of nitrogens with zero attached hydrogens (tertiary/aromatic N) is 3. The normalized spacial score (nSPS) is 12.0. The van der Waals surface area contributed by atoms with E-state index < -0.39 is 0 Å². The molecule has 1 aliphatic heterocycles. The Morgan fingerprint density at radius 1 is 1.00 bits per heavy atom. The van der Waals surface area contributed by atoms with E-state index in [2.05, 4.69) is 43.0 Å². The maximum absolute atomic E-state index is 11.5. The van der Waals surface area contributed by atoms with E-state index in [9.17, 15) is 4.79 Å². The summed E-state index contributed by atoms with van der Waals surface area (Å²) in [6.45, 7) is 9.16. The Morgan fingerprint density at radius 2 is 1.79 bits per heavy atom. The van der Waals surface area contributed by atoms with E-state index >= 15 is 0 Å². The molecule has 2 aromatic rings. The van der Waals surface area contributed by atoms with Gasteiger partial charge in [-0.1, -0.05) is 30.7 Å². The van der Waals surface area contributed by atoms with Crippen LogP contribution in [0.15, 0.2) is 57.9 Å². The summed E-state index contributed by atoms with van der Waals surface area (Å²) < 4.78 is 11.4. The maximum atomic E-state index is 11.5. The van der Waals surface area contributed by atoms with Crippen LogP contribution < -0.4 is 10.3 Å². The third kappa shape index (κ3) is 5.22. The van der Waals surface area contributed by atoms with Gasteiger partial charge in [0.05, 0.1) is 12.0 Å². The van der Waals surface area contributed by atoms with Gasteiger partial charge in [0.25, 0.3) is 0 Å². The van der Waals surface area contributed by atoms with Crippen LogP contribution in [0.3, 0.4) is 0 Å². The van der Waals surface area contributed by atoms with E-state index in [0.717, 1.165) is 76.7 Å². The zero-order chi connectivity index (χ0) is 23.9. The first-order valence-electron chi connectivity index (χ1n) is 12.3. The van der Waals surface area contributed by atoms with Crippen molar-refractivity contribution in [2.45, 2.75) is 46.5 Å². The molecular formula is C28H33N3O3. The Labute approximate surface area is 200 Å². The van der Waals surface area contributed by atoms with Crippen LogP contribution in [0.25, 0.3) is 33.3 Å².